The zero-order valence-corrected chi connectivity index (χ0v) is 14.7. The molecule has 0 aliphatic carbocycles. The molecule has 3 rings (SSSR count). The minimum absolute atomic E-state index is 0.316. The second-order valence-electron chi connectivity index (χ2n) is 7.28. The largest absolute Gasteiger partial charge is 0.444 e. The van der Waals surface area contributed by atoms with Gasteiger partial charge in [-0.25, -0.2) is 4.79 Å². The van der Waals surface area contributed by atoms with E-state index in [-0.39, 0.29) is 11.8 Å². The summed E-state index contributed by atoms with van der Waals surface area (Å²) in [5.74, 6) is -0.632. The molecule has 2 aliphatic rings. The van der Waals surface area contributed by atoms with Gasteiger partial charge < -0.3 is 4.74 Å². The molecule has 2 heterocycles. The summed E-state index contributed by atoms with van der Waals surface area (Å²) in [7, 11) is 0. The Kier molecular flexibility index (Phi) is 4.14. The highest BCUT2D eigenvalue weighted by Crippen LogP contribution is 2.32. The molecule has 0 radical (unpaired) electrons. The van der Waals surface area contributed by atoms with Crippen molar-refractivity contribution in [2.75, 3.05) is 6.54 Å². The SMILES string of the molecule is C=C[C@@H]1[C@H](N2C(=O)c3ccccc3C2=O)CCN1C(=O)OC(C)(C)C. The molecular weight excluding hydrogens is 320 g/mol. The second-order valence-corrected chi connectivity index (χ2v) is 7.28. The van der Waals surface area contributed by atoms with Crippen molar-refractivity contribution >= 4 is 17.9 Å². The molecule has 2 atom stereocenters. The van der Waals surface area contributed by atoms with Crippen LogP contribution < -0.4 is 0 Å². The zero-order chi connectivity index (χ0) is 18.4. The minimum Gasteiger partial charge on any atom is -0.444 e. The highest BCUT2D eigenvalue weighted by Gasteiger charge is 2.47. The topological polar surface area (TPSA) is 66.9 Å². The highest BCUT2D eigenvalue weighted by atomic mass is 16.6. The van der Waals surface area contributed by atoms with Crippen molar-refractivity contribution in [3.63, 3.8) is 0 Å². The average molecular weight is 342 g/mol. The summed E-state index contributed by atoms with van der Waals surface area (Å²) in [6.45, 7) is 9.59. The Hall–Kier alpha value is -2.63. The third-order valence-corrected chi connectivity index (χ3v) is 4.45. The first-order valence-electron chi connectivity index (χ1n) is 8.33. The van der Waals surface area contributed by atoms with E-state index in [0.717, 1.165) is 0 Å². The average Bonchev–Trinajstić information content (AvgIpc) is 3.06. The molecule has 0 bridgehead atoms. The number of fused-ring (bicyclic) bond motifs is 1. The lowest BCUT2D eigenvalue weighted by Gasteiger charge is -2.31. The molecule has 1 aromatic rings. The number of ether oxygens (including phenoxy) is 1. The molecule has 0 spiro atoms. The highest BCUT2D eigenvalue weighted by molar-refractivity contribution is 6.21. The Labute approximate surface area is 147 Å². The number of likely N-dealkylation sites (tertiary alicyclic amines) is 1. The summed E-state index contributed by atoms with van der Waals surface area (Å²) < 4.78 is 5.43. The van der Waals surface area contributed by atoms with Gasteiger partial charge in [0, 0.05) is 6.54 Å². The van der Waals surface area contributed by atoms with Gasteiger partial charge in [0.05, 0.1) is 23.2 Å². The zero-order valence-electron chi connectivity index (χ0n) is 14.7. The van der Waals surface area contributed by atoms with E-state index in [1.165, 1.54) is 9.80 Å². The van der Waals surface area contributed by atoms with Crippen LogP contribution >= 0.6 is 0 Å². The number of nitrogens with zero attached hydrogens (tertiary/aromatic N) is 2. The third-order valence-electron chi connectivity index (χ3n) is 4.45. The Balaban J connectivity index is 1.85. The summed E-state index contributed by atoms with van der Waals surface area (Å²) in [6.07, 6.45) is 1.64. The third kappa shape index (κ3) is 2.92. The summed E-state index contributed by atoms with van der Waals surface area (Å²) in [5.41, 5.74) is 0.202. The molecule has 1 aromatic carbocycles. The van der Waals surface area contributed by atoms with E-state index >= 15 is 0 Å². The second kappa shape index (κ2) is 6.02. The fourth-order valence-electron chi connectivity index (χ4n) is 3.41. The predicted octanol–water partition coefficient (Wildman–Crippen LogP) is 2.85. The number of amides is 3. The predicted molar refractivity (Wildman–Crippen MR) is 92.3 cm³/mol. The van der Waals surface area contributed by atoms with Gasteiger partial charge in [-0.3, -0.25) is 19.4 Å². The van der Waals surface area contributed by atoms with Crippen LogP contribution in [0.1, 0.15) is 47.9 Å². The van der Waals surface area contributed by atoms with Crippen LogP contribution in [0, 0.1) is 0 Å². The van der Waals surface area contributed by atoms with E-state index in [1.807, 2.05) is 0 Å². The number of hydrogen-bond donors (Lipinski definition) is 0. The molecular formula is C19H22N2O4. The van der Waals surface area contributed by atoms with Crippen LogP contribution in [-0.4, -0.2) is 51.9 Å². The summed E-state index contributed by atoms with van der Waals surface area (Å²) in [6, 6.07) is 5.88. The molecule has 0 saturated carbocycles. The maximum atomic E-state index is 12.7. The van der Waals surface area contributed by atoms with Crippen molar-refractivity contribution in [2.24, 2.45) is 0 Å². The fraction of sp³-hybridized carbons (Fsp3) is 0.421. The molecule has 6 heteroatoms. The minimum atomic E-state index is -0.615. The number of benzene rings is 1. The lowest BCUT2D eigenvalue weighted by Crippen LogP contribution is -2.49. The molecule has 2 aliphatic heterocycles. The van der Waals surface area contributed by atoms with Crippen LogP contribution in [0.2, 0.25) is 0 Å². The standard InChI is InChI=1S/C19H22N2O4/c1-5-14-15(10-11-20(14)18(24)25-19(2,3)4)21-16(22)12-8-6-7-9-13(12)17(21)23/h5-9,14-15H,1,10-11H2,2-4H3/t14-,15-/m1/s1. The molecule has 0 unspecified atom stereocenters. The smallest absolute Gasteiger partial charge is 0.410 e. The number of imide groups is 1. The van der Waals surface area contributed by atoms with Crippen molar-refractivity contribution in [1.29, 1.82) is 0 Å². The quantitative estimate of drug-likeness (QED) is 0.612. The van der Waals surface area contributed by atoms with Crippen molar-refractivity contribution in [3.8, 4) is 0 Å². The van der Waals surface area contributed by atoms with Crippen molar-refractivity contribution < 1.29 is 19.1 Å². The maximum absolute atomic E-state index is 12.7. The van der Waals surface area contributed by atoms with Crippen LogP contribution in [0.5, 0.6) is 0 Å². The molecule has 132 valence electrons. The first-order valence-corrected chi connectivity index (χ1v) is 8.33. The van der Waals surface area contributed by atoms with Gasteiger partial charge >= 0.3 is 6.09 Å². The van der Waals surface area contributed by atoms with Crippen molar-refractivity contribution in [3.05, 3.63) is 48.0 Å². The van der Waals surface area contributed by atoms with Gasteiger partial charge in [-0.1, -0.05) is 18.2 Å². The van der Waals surface area contributed by atoms with E-state index < -0.39 is 23.8 Å². The van der Waals surface area contributed by atoms with Crippen molar-refractivity contribution in [1.82, 2.24) is 9.80 Å². The van der Waals surface area contributed by atoms with Gasteiger partial charge in [0.15, 0.2) is 0 Å². The summed E-state index contributed by atoms with van der Waals surface area (Å²) >= 11 is 0. The Bertz CT molecular complexity index is 715. The van der Waals surface area contributed by atoms with Crippen LogP contribution in [0.15, 0.2) is 36.9 Å². The van der Waals surface area contributed by atoms with Crippen LogP contribution in [-0.2, 0) is 4.74 Å². The van der Waals surface area contributed by atoms with Crippen LogP contribution in [0.25, 0.3) is 0 Å². The van der Waals surface area contributed by atoms with E-state index in [4.69, 9.17) is 4.74 Å². The van der Waals surface area contributed by atoms with E-state index in [2.05, 4.69) is 6.58 Å². The Morgan fingerprint density at radius 3 is 2.24 bits per heavy atom. The van der Waals surface area contributed by atoms with Gasteiger partial charge in [0.1, 0.15) is 5.60 Å². The Morgan fingerprint density at radius 1 is 1.20 bits per heavy atom. The lowest BCUT2D eigenvalue weighted by atomic mass is 10.1. The molecule has 3 amide bonds. The van der Waals surface area contributed by atoms with Gasteiger partial charge in [-0.15, -0.1) is 6.58 Å². The molecule has 6 nitrogen and oxygen atoms in total. The van der Waals surface area contributed by atoms with Gasteiger partial charge in [0.2, 0.25) is 0 Å². The van der Waals surface area contributed by atoms with Crippen LogP contribution in [0.4, 0.5) is 4.79 Å². The van der Waals surface area contributed by atoms with Gasteiger partial charge in [0.25, 0.3) is 11.8 Å². The fourth-order valence-corrected chi connectivity index (χ4v) is 3.41. The summed E-state index contributed by atoms with van der Waals surface area (Å²) in [5, 5.41) is 0. The normalized spacial score (nSPS) is 23.0. The molecule has 0 N–H and O–H groups in total. The lowest BCUT2D eigenvalue weighted by molar-refractivity contribution is 0.0220. The first kappa shape index (κ1) is 17.2. The number of carbonyl (C=O) groups is 3. The molecule has 1 saturated heterocycles. The molecule has 1 fully saturated rings. The van der Waals surface area contributed by atoms with Crippen LogP contribution in [0.3, 0.4) is 0 Å². The molecule has 25 heavy (non-hydrogen) atoms. The van der Waals surface area contributed by atoms with Gasteiger partial charge in [-0.05, 0) is 39.3 Å². The van der Waals surface area contributed by atoms with Crippen molar-refractivity contribution in [2.45, 2.75) is 44.9 Å². The maximum Gasteiger partial charge on any atom is 0.410 e. The molecule has 0 aromatic heterocycles. The Morgan fingerprint density at radius 2 is 1.76 bits per heavy atom. The first-order chi connectivity index (χ1) is 11.7. The monoisotopic (exact) mass is 342 g/mol. The van der Waals surface area contributed by atoms with E-state index in [9.17, 15) is 14.4 Å². The number of hydrogen-bond acceptors (Lipinski definition) is 4. The number of carbonyl (C=O) groups excluding carboxylic acids is 3. The summed E-state index contributed by atoms with van der Waals surface area (Å²) in [4.78, 5) is 40.6. The van der Waals surface area contributed by atoms with E-state index in [1.54, 1.807) is 51.1 Å². The number of rotatable bonds is 2. The van der Waals surface area contributed by atoms with E-state index in [0.29, 0.717) is 24.1 Å². The van der Waals surface area contributed by atoms with Gasteiger partial charge in [-0.2, -0.15) is 0 Å².